The molecular weight excluding hydrogens is 448 g/mol. The van der Waals surface area contributed by atoms with Crippen molar-refractivity contribution in [3.05, 3.63) is 127 Å². The topological polar surface area (TPSA) is 77.1 Å². The van der Waals surface area contributed by atoms with Crippen LogP contribution in [0.25, 0.3) is 28.2 Å². The van der Waals surface area contributed by atoms with Crippen molar-refractivity contribution >= 4 is 17.2 Å². The van der Waals surface area contributed by atoms with E-state index in [9.17, 15) is 4.79 Å². The van der Waals surface area contributed by atoms with E-state index in [0.717, 1.165) is 28.0 Å². The lowest BCUT2D eigenvalue weighted by Gasteiger charge is -2.06. The number of anilines is 1. The van der Waals surface area contributed by atoms with Crippen molar-refractivity contribution in [3.8, 4) is 22.5 Å². The summed E-state index contributed by atoms with van der Waals surface area (Å²) in [7, 11) is 0. The summed E-state index contributed by atoms with van der Waals surface area (Å²) in [5.74, 6) is -0.228. The SMILES string of the molecule is O=C(Nc1ccc(-c2cn3ccccc3n2)cc1)c1cn(Cc2ccccc2)nc1-c1cccnc1. The lowest BCUT2D eigenvalue weighted by molar-refractivity contribution is 0.102. The molecule has 4 aromatic heterocycles. The maximum absolute atomic E-state index is 13.3. The molecule has 6 rings (SSSR count). The molecule has 0 saturated carbocycles. The number of nitrogens with zero attached hydrogens (tertiary/aromatic N) is 5. The van der Waals surface area contributed by atoms with Crippen LogP contribution in [0.15, 0.2) is 116 Å². The zero-order chi connectivity index (χ0) is 24.3. The molecule has 0 spiro atoms. The Labute approximate surface area is 207 Å². The van der Waals surface area contributed by atoms with Gasteiger partial charge in [0, 0.05) is 47.8 Å². The maximum atomic E-state index is 13.3. The predicted octanol–water partition coefficient (Wildman–Crippen LogP) is 5.56. The largest absolute Gasteiger partial charge is 0.322 e. The van der Waals surface area contributed by atoms with Gasteiger partial charge in [-0.3, -0.25) is 14.5 Å². The lowest BCUT2D eigenvalue weighted by Crippen LogP contribution is -2.12. The highest BCUT2D eigenvalue weighted by Gasteiger charge is 2.19. The number of hydrogen-bond acceptors (Lipinski definition) is 4. The monoisotopic (exact) mass is 470 g/mol. The second-order valence-corrected chi connectivity index (χ2v) is 8.44. The van der Waals surface area contributed by atoms with E-state index in [2.05, 4.69) is 15.3 Å². The smallest absolute Gasteiger partial charge is 0.259 e. The molecule has 174 valence electrons. The Morgan fingerprint density at radius 3 is 2.44 bits per heavy atom. The molecule has 0 fully saturated rings. The van der Waals surface area contributed by atoms with Crippen LogP contribution in [0.1, 0.15) is 15.9 Å². The number of nitrogens with one attached hydrogen (secondary N) is 1. The third kappa shape index (κ3) is 4.37. The number of pyridine rings is 2. The fourth-order valence-corrected chi connectivity index (χ4v) is 4.15. The first-order valence-corrected chi connectivity index (χ1v) is 11.6. The molecule has 7 nitrogen and oxygen atoms in total. The van der Waals surface area contributed by atoms with Crippen molar-refractivity contribution in [2.45, 2.75) is 6.54 Å². The number of carbonyl (C=O) groups is 1. The van der Waals surface area contributed by atoms with Crippen LogP contribution in [0, 0.1) is 0 Å². The number of benzene rings is 2. The minimum Gasteiger partial charge on any atom is -0.322 e. The first-order chi connectivity index (χ1) is 17.7. The number of aromatic nitrogens is 5. The van der Waals surface area contributed by atoms with Gasteiger partial charge in [-0.1, -0.05) is 48.5 Å². The van der Waals surface area contributed by atoms with Gasteiger partial charge in [-0.05, 0) is 42.0 Å². The number of carbonyl (C=O) groups excluding carboxylic acids is 1. The summed E-state index contributed by atoms with van der Waals surface area (Å²) in [5.41, 5.74) is 6.41. The van der Waals surface area contributed by atoms with Gasteiger partial charge >= 0.3 is 0 Å². The van der Waals surface area contributed by atoms with E-state index in [1.807, 2.05) is 102 Å². The second kappa shape index (κ2) is 9.31. The fraction of sp³-hybridized carbons (Fsp3) is 0.0345. The van der Waals surface area contributed by atoms with Crippen LogP contribution in [-0.2, 0) is 6.54 Å². The third-order valence-electron chi connectivity index (χ3n) is 5.93. The molecule has 1 amide bonds. The molecule has 0 atom stereocenters. The molecule has 0 saturated heterocycles. The molecule has 6 aromatic rings. The van der Waals surface area contributed by atoms with Crippen molar-refractivity contribution in [2.75, 3.05) is 5.32 Å². The van der Waals surface area contributed by atoms with Crippen LogP contribution in [-0.4, -0.2) is 30.1 Å². The van der Waals surface area contributed by atoms with Crippen LogP contribution in [0.4, 0.5) is 5.69 Å². The number of fused-ring (bicyclic) bond motifs is 1. The van der Waals surface area contributed by atoms with Crippen molar-refractivity contribution in [3.63, 3.8) is 0 Å². The van der Waals surface area contributed by atoms with Gasteiger partial charge in [-0.2, -0.15) is 5.10 Å². The Morgan fingerprint density at radius 2 is 1.67 bits per heavy atom. The molecule has 2 aromatic carbocycles. The average Bonchev–Trinajstić information content (AvgIpc) is 3.55. The Morgan fingerprint density at radius 1 is 0.833 bits per heavy atom. The molecular formula is C29H22N6O. The van der Waals surface area contributed by atoms with Crippen LogP contribution in [0.5, 0.6) is 0 Å². The molecule has 0 aliphatic rings. The molecule has 36 heavy (non-hydrogen) atoms. The molecule has 0 aliphatic heterocycles. The summed E-state index contributed by atoms with van der Waals surface area (Å²) in [6, 6.07) is 27.4. The number of rotatable bonds is 6. The highest BCUT2D eigenvalue weighted by Crippen LogP contribution is 2.25. The van der Waals surface area contributed by atoms with Gasteiger partial charge in [0.25, 0.3) is 5.91 Å². The normalized spacial score (nSPS) is 11.0. The molecule has 4 heterocycles. The van der Waals surface area contributed by atoms with E-state index in [1.54, 1.807) is 23.3 Å². The summed E-state index contributed by atoms with van der Waals surface area (Å²) < 4.78 is 3.77. The van der Waals surface area contributed by atoms with Gasteiger partial charge < -0.3 is 9.72 Å². The first-order valence-electron chi connectivity index (χ1n) is 11.6. The van der Waals surface area contributed by atoms with E-state index < -0.39 is 0 Å². The zero-order valence-corrected chi connectivity index (χ0v) is 19.3. The Hall–Kier alpha value is -5.04. The van der Waals surface area contributed by atoms with Crippen molar-refractivity contribution in [2.24, 2.45) is 0 Å². The summed E-state index contributed by atoms with van der Waals surface area (Å²) in [6.07, 6.45) is 9.17. The Balaban J connectivity index is 1.26. The number of imidazole rings is 1. The summed E-state index contributed by atoms with van der Waals surface area (Å²) in [5, 5.41) is 7.73. The van der Waals surface area contributed by atoms with Crippen molar-refractivity contribution in [1.82, 2.24) is 24.1 Å². The second-order valence-electron chi connectivity index (χ2n) is 8.44. The van der Waals surface area contributed by atoms with Crippen LogP contribution in [0.3, 0.4) is 0 Å². The first kappa shape index (κ1) is 21.5. The minimum absolute atomic E-state index is 0.228. The standard InChI is InChI=1S/C29H22N6O/c36-29(31-24-13-11-22(12-14-24)26-20-34-16-5-4-10-27(34)32-26)25-19-35(18-21-7-2-1-3-8-21)33-28(25)23-9-6-15-30-17-23/h1-17,19-20H,18H2,(H,31,36). The molecule has 0 aliphatic carbocycles. The fourth-order valence-electron chi connectivity index (χ4n) is 4.15. The van der Waals surface area contributed by atoms with E-state index in [0.29, 0.717) is 23.5 Å². The molecule has 7 heteroatoms. The van der Waals surface area contributed by atoms with Gasteiger partial charge in [0.05, 0.1) is 17.8 Å². The van der Waals surface area contributed by atoms with Crippen LogP contribution < -0.4 is 5.32 Å². The number of amides is 1. The maximum Gasteiger partial charge on any atom is 0.259 e. The van der Waals surface area contributed by atoms with Gasteiger partial charge in [-0.25, -0.2) is 4.98 Å². The van der Waals surface area contributed by atoms with Gasteiger partial charge in [0.1, 0.15) is 11.3 Å². The highest BCUT2D eigenvalue weighted by atomic mass is 16.1. The number of hydrogen-bond donors (Lipinski definition) is 1. The zero-order valence-electron chi connectivity index (χ0n) is 19.3. The van der Waals surface area contributed by atoms with Gasteiger partial charge in [-0.15, -0.1) is 0 Å². The molecule has 0 radical (unpaired) electrons. The summed E-state index contributed by atoms with van der Waals surface area (Å²) in [6.45, 7) is 0.565. The van der Waals surface area contributed by atoms with E-state index in [4.69, 9.17) is 5.10 Å². The molecule has 0 bridgehead atoms. The third-order valence-corrected chi connectivity index (χ3v) is 5.93. The van der Waals surface area contributed by atoms with Gasteiger partial charge in [0.15, 0.2) is 0 Å². The Bertz CT molecular complexity index is 1600. The van der Waals surface area contributed by atoms with E-state index in [-0.39, 0.29) is 5.91 Å². The van der Waals surface area contributed by atoms with Crippen molar-refractivity contribution < 1.29 is 4.79 Å². The molecule has 0 unspecified atom stereocenters. The average molecular weight is 471 g/mol. The van der Waals surface area contributed by atoms with Crippen molar-refractivity contribution in [1.29, 1.82) is 0 Å². The summed E-state index contributed by atoms with van der Waals surface area (Å²) >= 11 is 0. The quantitative estimate of drug-likeness (QED) is 0.346. The molecule has 1 N–H and O–H groups in total. The van der Waals surface area contributed by atoms with Crippen LogP contribution in [0.2, 0.25) is 0 Å². The minimum atomic E-state index is -0.228. The predicted molar refractivity (Wildman–Crippen MR) is 140 cm³/mol. The Kier molecular flexibility index (Phi) is 5.56. The van der Waals surface area contributed by atoms with Crippen LogP contribution >= 0.6 is 0 Å². The lowest BCUT2D eigenvalue weighted by atomic mass is 10.1. The van der Waals surface area contributed by atoms with E-state index in [1.165, 1.54) is 0 Å². The van der Waals surface area contributed by atoms with E-state index >= 15 is 0 Å². The highest BCUT2D eigenvalue weighted by molar-refractivity contribution is 6.08. The van der Waals surface area contributed by atoms with Gasteiger partial charge in [0.2, 0.25) is 0 Å². The summed E-state index contributed by atoms with van der Waals surface area (Å²) in [4.78, 5) is 22.2.